The highest BCUT2D eigenvalue weighted by molar-refractivity contribution is 5.06. The summed E-state index contributed by atoms with van der Waals surface area (Å²) in [6.45, 7) is 0.617. The van der Waals surface area contributed by atoms with Crippen molar-refractivity contribution in [3.63, 3.8) is 0 Å². The first-order valence-electron chi connectivity index (χ1n) is 5.08. The number of aromatic nitrogens is 2. The minimum atomic E-state index is -0.281. The second-order valence-corrected chi connectivity index (χ2v) is 4.12. The van der Waals surface area contributed by atoms with E-state index in [4.69, 9.17) is 4.52 Å². The van der Waals surface area contributed by atoms with Gasteiger partial charge in [-0.05, 0) is 19.3 Å². The third kappa shape index (κ3) is 1.42. The summed E-state index contributed by atoms with van der Waals surface area (Å²) in [7, 11) is 0. The van der Waals surface area contributed by atoms with Gasteiger partial charge in [-0.1, -0.05) is 5.16 Å². The molecule has 5 heteroatoms. The van der Waals surface area contributed by atoms with Crippen LogP contribution >= 0.6 is 0 Å². The Morgan fingerprint density at radius 1 is 1.43 bits per heavy atom. The van der Waals surface area contributed by atoms with E-state index in [2.05, 4.69) is 15.5 Å². The Morgan fingerprint density at radius 2 is 2.29 bits per heavy atom. The molecule has 2 heterocycles. The van der Waals surface area contributed by atoms with Crippen LogP contribution in [0.25, 0.3) is 0 Å². The van der Waals surface area contributed by atoms with Gasteiger partial charge in [0.1, 0.15) is 0 Å². The molecule has 3 rings (SSSR count). The number of aliphatic hydroxyl groups excluding tert-OH is 1. The van der Waals surface area contributed by atoms with Crippen molar-refractivity contribution in [1.82, 2.24) is 15.5 Å². The Bertz CT molecular complexity index is 335. The maximum Gasteiger partial charge on any atom is 0.243 e. The van der Waals surface area contributed by atoms with E-state index in [0.29, 0.717) is 24.8 Å². The fourth-order valence-electron chi connectivity index (χ4n) is 1.80. The molecule has 14 heavy (non-hydrogen) atoms. The lowest BCUT2D eigenvalue weighted by molar-refractivity contribution is 0.191. The Labute approximate surface area is 81.5 Å². The third-order valence-electron chi connectivity index (χ3n) is 2.81. The number of β-amino-alcohol motifs (C(OH)–C–C–N with tert-alkyl or cyclic N) is 1. The largest absolute Gasteiger partial charge is 0.392 e. The minimum absolute atomic E-state index is 0.0463. The Morgan fingerprint density at radius 3 is 2.93 bits per heavy atom. The van der Waals surface area contributed by atoms with Gasteiger partial charge in [-0.2, -0.15) is 4.98 Å². The van der Waals surface area contributed by atoms with Crippen LogP contribution in [-0.2, 0) is 0 Å². The third-order valence-corrected chi connectivity index (χ3v) is 2.81. The van der Waals surface area contributed by atoms with E-state index in [-0.39, 0.29) is 12.1 Å². The molecule has 1 aromatic rings. The first-order valence-corrected chi connectivity index (χ1v) is 5.08. The molecule has 1 aliphatic carbocycles. The van der Waals surface area contributed by atoms with Crippen molar-refractivity contribution in [2.24, 2.45) is 0 Å². The number of rotatable bonds is 2. The maximum absolute atomic E-state index is 9.34. The van der Waals surface area contributed by atoms with Crippen LogP contribution in [0.1, 0.15) is 42.9 Å². The maximum atomic E-state index is 9.34. The van der Waals surface area contributed by atoms with E-state index >= 15 is 0 Å². The summed E-state index contributed by atoms with van der Waals surface area (Å²) >= 11 is 0. The molecule has 2 N–H and O–H groups in total. The zero-order valence-corrected chi connectivity index (χ0v) is 7.81. The van der Waals surface area contributed by atoms with Crippen molar-refractivity contribution >= 4 is 0 Å². The number of aliphatic hydroxyl groups is 1. The van der Waals surface area contributed by atoms with Crippen molar-refractivity contribution in [3.8, 4) is 0 Å². The molecular weight excluding hydrogens is 182 g/mol. The van der Waals surface area contributed by atoms with Crippen molar-refractivity contribution in [3.05, 3.63) is 11.7 Å². The molecule has 2 atom stereocenters. The average Bonchev–Trinajstić information content (AvgIpc) is 2.76. The first-order chi connectivity index (χ1) is 6.83. The quantitative estimate of drug-likeness (QED) is 0.712. The van der Waals surface area contributed by atoms with Gasteiger partial charge in [0, 0.05) is 12.5 Å². The molecule has 2 fully saturated rings. The second kappa shape index (κ2) is 3.03. The SMILES string of the molecule is O[C@H]1CN[C@H](c2nc(C3CC3)no2)C1. The molecule has 76 valence electrons. The van der Waals surface area contributed by atoms with E-state index in [1.54, 1.807) is 0 Å². The van der Waals surface area contributed by atoms with Gasteiger partial charge in [0.2, 0.25) is 5.89 Å². The number of hydrogen-bond donors (Lipinski definition) is 2. The van der Waals surface area contributed by atoms with Crippen LogP contribution in [0, 0.1) is 0 Å². The minimum Gasteiger partial charge on any atom is -0.392 e. The summed E-state index contributed by atoms with van der Waals surface area (Å²) in [6, 6.07) is 0.0463. The highest BCUT2D eigenvalue weighted by atomic mass is 16.5. The Kier molecular flexibility index (Phi) is 1.81. The van der Waals surface area contributed by atoms with Crippen molar-refractivity contribution < 1.29 is 9.63 Å². The molecule has 0 bridgehead atoms. The molecule has 0 amide bonds. The zero-order chi connectivity index (χ0) is 9.54. The first kappa shape index (κ1) is 8.38. The fraction of sp³-hybridized carbons (Fsp3) is 0.778. The van der Waals surface area contributed by atoms with Crippen LogP contribution in [0.2, 0.25) is 0 Å². The number of hydrogen-bond acceptors (Lipinski definition) is 5. The van der Waals surface area contributed by atoms with E-state index in [0.717, 1.165) is 5.82 Å². The van der Waals surface area contributed by atoms with Gasteiger partial charge in [-0.3, -0.25) is 0 Å². The molecule has 2 aliphatic rings. The van der Waals surface area contributed by atoms with E-state index in [9.17, 15) is 5.11 Å². The van der Waals surface area contributed by atoms with Crippen molar-refractivity contribution in [1.29, 1.82) is 0 Å². The van der Waals surface area contributed by atoms with E-state index in [1.165, 1.54) is 12.8 Å². The summed E-state index contributed by atoms with van der Waals surface area (Å²) in [4.78, 5) is 4.34. The monoisotopic (exact) mass is 195 g/mol. The summed E-state index contributed by atoms with van der Waals surface area (Å²) in [6.07, 6.45) is 2.75. The van der Waals surface area contributed by atoms with Gasteiger partial charge in [0.25, 0.3) is 0 Å². The molecule has 0 radical (unpaired) electrons. The van der Waals surface area contributed by atoms with Crippen LogP contribution in [0.15, 0.2) is 4.52 Å². The van der Waals surface area contributed by atoms with Crippen molar-refractivity contribution in [2.45, 2.75) is 37.3 Å². The fourth-order valence-corrected chi connectivity index (χ4v) is 1.80. The van der Waals surface area contributed by atoms with Crippen molar-refractivity contribution in [2.75, 3.05) is 6.54 Å². The van der Waals surface area contributed by atoms with Gasteiger partial charge in [0.15, 0.2) is 5.82 Å². The van der Waals surface area contributed by atoms with Crippen LogP contribution in [0.4, 0.5) is 0 Å². The lowest BCUT2D eigenvalue weighted by atomic mass is 10.2. The lowest BCUT2D eigenvalue weighted by Crippen LogP contribution is -2.15. The van der Waals surface area contributed by atoms with Gasteiger partial charge in [-0.15, -0.1) is 0 Å². The predicted octanol–water partition coefficient (Wildman–Crippen LogP) is 0.342. The molecular formula is C9H13N3O2. The topological polar surface area (TPSA) is 71.2 Å². The van der Waals surface area contributed by atoms with Crippen LogP contribution < -0.4 is 5.32 Å². The molecule has 1 aromatic heterocycles. The zero-order valence-electron chi connectivity index (χ0n) is 7.81. The summed E-state index contributed by atoms with van der Waals surface area (Å²) in [5.74, 6) is 1.99. The molecule has 1 saturated carbocycles. The normalized spacial score (nSPS) is 32.4. The Balaban J connectivity index is 1.75. The average molecular weight is 195 g/mol. The molecule has 0 unspecified atom stereocenters. The predicted molar refractivity (Wildman–Crippen MR) is 47.6 cm³/mol. The van der Waals surface area contributed by atoms with E-state index in [1.807, 2.05) is 0 Å². The summed E-state index contributed by atoms with van der Waals surface area (Å²) < 4.78 is 5.16. The smallest absolute Gasteiger partial charge is 0.243 e. The molecule has 1 saturated heterocycles. The van der Waals surface area contributed by atoms with Crippen LogP contribution in [-0.4, -0.2) is 27.9 Å². The molecule has 5 nitrogen and oxygen atoms in total. The summed E-state index contributed by atoms with van der Waals surface area (Å²) in [5, 5.41) is 16.4. The second-order valence-electron chi connectivity index (χ2n) is 4.12. The lowest BCUT2D eigenvalue weighted by Gasteiger charge is -2.01. The number of nitrogens with one attached hydrogen (secondary N) is 1. The van der Waals surface area contributed by atoms with Crippen LogP contribution in [0.5, 0.6) is 0 Å². The Hall–Kier alpha value is -0.940. The standard InChI is InChI=1S/C9H13N3O2/c13-6-3-7(10-4-6)9-11-8(12-14-9)5-1-2-5/h5-7,10,13H,1-4H2/t6-,7+/m1/s1. The highest BCUT2D eigenvalue weighted by Gasteiger charge is 2.32. The summed E-state index contributed by atoms with van der Waals surface area (Å²) in [5.41, 5.74) is 0. The van der Waals surface area contributed by atoms with Gasteiger partial charge < -0.3 is 14.9 Å². The molecule has 1 aliphatic heterocycles. The van der Waals surface area contributed by atoms with Gasteiger partial charge >= 0.3 is 0 Å². The highest BCUT2D eigenvalue weighted by Crippen LogP contribution is 2.38. The van der Waals surface area contributed by atoms with Gasteiger partial charge in [-0.25, -0.2) is 0 Å². The van der Waals surface area contributed by atoms with E-state index < -0.39 is 0 Å². The number of nitrogens with zero attached hydrogens (tertiary/aromatic N) is 2. The van der Waals surface area contributed by atoms with Gasteiger partial charge in [0.05, 0.1) is 12.1 Å². The van der Waals surface area contributed by atoms with Crippen LogP contribution in [0.3, 0.4) is 0 Å². The molecule has 0 aromatic carbocycles. The molecule has 0 spiro atoms.